The zero-order valence-electron chi connectivity index (χ0n) is 18.2. The molecule has 1 aromatic carbocycles. The number of rotatable bonds is 10. The van der Waals surface area contributed by atoms with E-state index in [1.807, 2.05) is 13.8 Å². The van der Waals surface area contributed by atoms with Crippen molar-refractivity contribution in [2.75, 3.05) is 26.3 Å². The van der Waals surface area contributed by atoms with Crippen molar-refractivity contribution in [3.63, 3.8) is 0 Å². The van der Waals surface area contributed by atoms with Crippen molar-refractivity contribution < 1.29 is 14.3 Å². The number of aromatic nitrogens is 3. The van der Waals surface area contributed by atoms with E-state index in [2.05, 4.69) is 51.7 Å². The van der Waals surface area contributed by atoms with E-state index >= 15 is 0 Å². The van der Waals surface area contributed by atoms with Crippen molar-refractivity contribution in [3.8, 4) is 0 Å². The van der Waals surface area contributed by atoms with Gasteiger partial charge in [0.05, 0.1) is 12.7 Å². The summed E-state index contributed by atoms with van der Waals surface area (Å²) < 4.78 is 12.6. The largest absolute Gasteiger partial charge is 0.351 e. The highest BCUT2D eigenvalue weighted by Gasteiger charge is 2.23. The maximum absolute atomic E-state index is 12.6. The van der Waals surface area contributed by atoms with Crippen molar-refractivity contribution in [2.24, 2.45) is 0 Å². The molecule has 1 N–H and O–H groups in total. The van der Waals surface area contributed by atoms with Crippen LogP contribution in [0.2, 0.25) is 0 Å². The van der Waals surface area contributed by atoms with Crippen LogP contribution in [0.4, 0.5) is 0 Å². The molecule has 1 aromatic heterocycles. The first kappa shape index (κ1) is 22.4. The molecule has 0 bridgehead atoms. The number of piperidine rings is 1. The van der Waals surface area contributed by atoms with Crippen LogP contribution in [0.5, 0.6) is 0 Å². The summed E-state index contributed by atoms with van der Waals surface area (Å²) >= 11 is 0. The molecule has 30 heavy (non-hydrogen) atoms. The number of ether oxygens (including phenoxy) is 2. The van der Waals surface area contributed by atoms with E-state index in [-0.39, 0.29) is 11.9 Å². The van der Waals surface area contributed by atoms with Gasteiger partial charge in [-0.1, -0.05) is 29.5 Å². The molecule has 8 nitrogen and oxygen atoms in total. The molecule has 1 aliphatic heterocycles. The summed E-state index contributed by atoms with van der Waals surface area (Å²) in [6.07, 6.45) is 3.12. The lowest BCUT2D eigenvalue weighted by atomic mass is 10.0. The maximum atomic E-state index is 12.6. The Balaban J connectivity index is 1.46. The van der Waals surface area contributed by atoms with Crippen LogP contribution in [-0.2, 0) is 22.6 Å². The molecule has 0 spiro atoms. The van der Waals surface area contributed by atoms with Crippen molar-refractivity contribution in [3.05, 3.63) is 47.3 Å². The molecule has 2 heterocycles. The van der Waals surface area contributed by atoms with Crippen molar-refractivity contribution >= 4 is 5.91 Å². The normalized spacial score (nSPS) is 15.6. The zero-order chi connectivity index (χ0) is 21.3. The molecule has 3 rings (SSSR count). The van der Waals surface area contributed by atoms with Crippen LogP contribution in [0.3, 0.4) is 0 Å². The van der Waals surface area contributed by atoms with Crippen molar-refractivity contribution in [1.29, 1.82) is 0 Å². The Labute approximate surface area is 178 Å². The lowest BCUT2D eigenvalue weighted by Crippen LogP contribution is -2.44. The molecule has 164 valence electrons. The Kier molecular flexibility index (Phi) is 8.36. The summed E-state index contributed by atoms with van der Waals surface area (Å²) in [7, 11) is 0. The average Bonchev–Trinajstić information content (AvgIpc) is 3.20. The molecule has 1 saturated heterocycles. The van der Waals surface area contributed by atoms with Crippen LogP contribution in [-0.4, -0.2) is 64.4 Å². The van der Waals surface area contributed by atoms with Gasteiger partial charge in [-0.05, 0) is 44.7 Å². The summed E-state index contributed by atoms with van der Waals surface area (Å²) in [4.78, 5) is 15.0. The second-order valence-corrected chi connectivity index (χ2v) is 7.62. The summed E-state index contributed by atoms with van der Waals surface area (Å²) in [5.74, 6) is -0.178. The second kappa shape index (κ2) is 11.2. The maximum Gasteiger partial charge on any atom is 0.273 e. The van der Waals surface area contributed by atoms with Crippen LogP contribution < -0.4 is 5.32 Å². The first-order chi connectivity index (χ1) is 14.6. The Morgan fingerprint density at radius 2 is 1.90 bits per heavy atom. The third kappa shape index (κ3) is 6.35. The number of likely N-dealkylation sites (tertiary alicyclic amines) is 1. The molecular formula is C22H33N5O3. The van der Waals surface area contributed by atoms with Gasteiger partial charge < -0.3 is 14.8 Å². The molecule has 0 radical (unpaired) electrons. The summed E-state index contributed by atoms with van der Waals surface area (Å²) in [6, 6.07) is 8.67. The van der Waals surface area contributed by atoms with Gasteiger partial charge >= 0.3 is 0 Å². The smallest absolute Gasteiger partial charge is 0.273 e. The third-order valence-corrected chi connectivity index (χ3v) is 5.39. The predicted molar refractivity (Wildman–Crippen MR) is 114 cm³/mol. The molecule has 1 aliphatic rings. The number of nitrogens with one attached hydrogen (secondary N) is 1. The third-order valence-electron chi connectivity index (χ3n) is 5.39. The number of carbonyl (C=O) groups is 1. The number of benzene rings is 1. The Bertz CT molecular complexity index is 796. The van der Waals surface area contributed by atoms with E-state index in [0.29, 0.717) is 25.5 Å². The van der Waals surface area contributed by atoms with Crippen LogP contribution in [0.1, 0.15) is 48.3 Å². The molecule has 0 atom stereocenters. The minimum absolute atomic E-state index is 0.162. The van der Waals surface area contributed by atoms with Gasteiger partial charge in [-0.15, -0.1) is 5.10 Å². The molecule has 0 aliphatic carbocycles. The Morgan fingerprint density at radius 3 is 2.57 bits per heavy atom. The fourth-order valence-electron chi connectivity index (χ4n) is 3.69. The van der Waals surface area contributed by atoms with Gasteiger partial charge in [0.2, 0.25) is 0 Å². The van der Waals surface area contributed by atoms with Crippen molar-refractivity contribution in [2.45, 2.75) is 59.0 Å². The van der Waals surface area contributed by atoms with Gasteiger partial charge in [-0.25, -0.2) is 4.68 Å². The number of hydrogen-bond donors (Lipinski definition) is 1. The molecule has 0 unspecified atom stereocenters. The highest BCUT2D eigenvalue weighted by molar-refractivity contribution is 5.92. The number of amides is 1. The van der Waals surface area contributed by atoms with Crippen molar-refractivity contribution in [1.82, 2.24) is 25.2 Å². The molecule has 8 heteroatoms. The first-order valence-electron chi connectivity index (χ1n) is 10.8. The minimum Gasteiger partial charge on any atom is -0.351 e. The lowest BCUT2D eigenvalue weighted by molar-refractivity contribution is -0.145. The molecular weight excluding hydrogens is 382 g/mol. The topological polar surface area (TPSA) is 81.5 Å². The number of hydrogen-bond acceptors (Lipinski definition) is 6. The van der Waals surface area contributed by atoms with Crippen LogP contribution in [0.15, 0.2) is 30.5 Å². The van der Waals surface area contributed by atoms with E-state index in [0.717, 1.165) is 32.5 Å². The van der Waals surface area contributed by atoms with Gasteiger partial charge in [0.25, 0.3) is 5.91 Å². The van der Waals surface area contributed by atoms with Crippen LogP contribution >= 0.6 is 0 Å². The quantitative estimate of drug-likeness (QED) is 0.600. The highest BCUT2D eigenvalue weighted by Crippen LogP contribution is 2.16. The van der Waals surface area contributed by atoms with E-state index in [9.17, 15) is 4.79 Å². The van der Waals surface area contributed by atoms with E-state index < -0.39 is 6.29 Å². The van der Waals surface area contributed by atoms with Gasteiger partial charge in [-0.2, -0.15) is 0 Å². The van der Waals surface area contributed by atoms with Crippen LogP contribution in [0, 0.1) is 6.92 Å². The predicted octanol–water partition coefficient (Wildman–Crippen LogP) is 2.38. The van der Waals surface area contributed by atoms with Gasteiger partial charge in [-0.3, -0.25) is 9.69 Å². The van der Waals surface area contributed by atoms with Crippen LogP contribution in [0.25, 0.3) is 0 Å². The average molecular weight is 416 g/mol. The zero-order valence-corrected chi connectivity index (χ0v) is 18.2. The number of nitrogens with zero attached hydrogens (tertiary/aromatic N) is 4. The van der Waals surface area contributed by atoms with Gasteiger partial charge in [0, 0.05) is 38.9 Å². The summed E-state index contributed by atoms with van der Waals surface area (Å²) in [6.45, 7) is 10.4. The summed E-state index contributed by atoms with van der Waals surface area (Å²) in [5, 5.41) is 11.2. The lowest BCUT2D eigenvalue weighted by Gasteiger charge is -2.32. The SMILES string of the molecule is CCOC(Cn1cc(C(=O)NC2CCN(Cc3ccccc3C)CC2)nn1)OCC. The second-order valence-electron chi connectivity index (χ2n) is 7.62. The number of aryl methyl sites for hydroxylation is 1. The number of carbonyl (C=O) groups excluding carboxylic acids is 1. The minimum atomic E-state index is -0.393. The van der Waals surface area contributed by atoms with Gasteiger partial charge in [0.15, 0.2) is 12.0 Å². The molecule has 0 saturated carbocycles. The Hall–Kier alpha value is -2.29. The van der Waals surface area contributed by atoms with E-state index in [1.165, 1.54) is 11.1 Å². The van der Waals surface area contributed by atoms with E-state index in [4.69, 9.17) is 9.47 Å². The fourth-order valence-corrected chi connectivity index (χ4v) is 3.69. The molecule has 1 fully saturated rings. The van der Waals surface area contributed by atoms with E-state index in [1.54, 1.807) is 10.9 Å². The Morgan fingerprint density at radius 1 is 1.20 bits per heavy atom. The standard InChI is InChI=1S/C22H33N5O3/c1-4-29-21(30-5-2)16-27-15-20(24-25-27)22(28)23-19-10-12-26(13-11-19)14-18-9-7-6-8-17(18)3/h6-9,15,19,21H,4-5,10-14,16H2,1-3H3,(H,23,28). The highest BCUT2D eigenvalue weighted by atomic mass is 16.7. The first-order valence-corrected chi connectivity index (χ1v) is 10.8. The van der Waals surface area contributed by atoms with Gasteiger partial charge in [0.1, 0.15) is 0 Å². The molecule has 1 amide bonds. The molecule has 2 aromatic rings. The monoisotopic (exact) mass is 415 g/mol. The fraction of sp³-hybridized carbons (Fsp3) is 0.591. The summed E-state index contributed by atoms with van der Waals surface area (Å²) in [5.41, 5.74) is 3.02.